The summed E-state index contributed by atoms with van der Waals surface area (Å²) in [4.78, 5) is 23.4. The molecule has 1 aliphatic heterocycles. The fourth-order valence-corrected chi connectivity index (χ4v) is 2.57. The number of fused-ring (bicyclic) bond motifs is 1. The second-order valence-electron chi connectivity index (χ2n) is 5.26. The van der Waals surface area contributed by atoms with Gasteiger partial charge >= 0.3 is 5.97 Å². The van der Waals surface area contributed by atoms with Crippen LogP contribution in [0.2, 0.25) is 0 Å². The van der Waals surface area contributed by atoms with Crippen LogP contribution < -0.4 is 14.8 Å². The lowest BCUT2D eigenvalue weighted by Gasteiger charge is -2.18. The van der Waals surface area contributed by atoms with Gasteiger partial charge in [0, 0.05) is 6.54 Å². The Morgan fingerprint density at radius 1 is 1.12 bits per heavy atom. The molecular weight excluding hydrogens is 394 g/mol. The van der Waals surface area contributed by atoms with E-state index in [4.69, 9.17) is 18.6 Å². The molecule has 25 heavy (non-hydrogen) atoms. The van der Waals surface area contributed by atoms with E-state index in [0.717, 1.165) is 11.3 Å². The maximum absolute atomic E-state index is 11.7. The lowest BCUT2D eigenvalue weighted by atomic mass is 10.1. The Labute approximate surface area is 152 Å². The van der Waals surface area contributed by atoms with Crippen LogP contribution in [0.15, 0.2) is 39.4 Å². The Morgan fingerprint density at radius 3 is 2.68 bits per heavy atom. The van der Waals surface area contributed by atoms with Gasteiger partial charge in [0.25, 0.3) is 5.91 Å². The largest absolute Gasteiger partial charge is 0.486 e. The SMILES string of the molecule is O=C(COC(=O)c1ccc(Br)o1)NCCc1ccc2c(c1)OCCO2. The molecule has 0 bridgehead atoms. The van der Waals surface area contributed by atoms with E-state index in [1.54, 1.807) is 6.07 Å². The molecule has 1 aromatic carbocycles. The number of benzene rings is 1. The molecule has 0 aliphatic carbocycles. The topological polar surface area (TPSA) is 87.0 Å². The molecule has 1 N–H and O–H groups in total. The summed E-state index contributed by atoms with van der Waals surface area (Å²) in [5.74, 6) is 0.421. The summed E-state index contributed by atoms with van der Waals surface area (Å²) >= 11 is 3.09. The van der Waals surface area contributed by atoms with E-state index in [9.17, 15) is 9.59 Å². The predicted molar refractivity (Wildman–Crippen MR) is 90.8 cm³/mol. The van der Waals surface area contributed by atoms with Gasteiger partial charge in [-0.1, -0.05) is 6.07 Å². The van der Waals surface area contributed by atoms with Crippen LogP contribution in [0, 0.1) is 0 Å². The molecule has 1 aromatic heterocycles. The first-order valence-electron chi connectivity index (χ1n) is 7.69. The maximum Gasteiger partial charge on any atom is 0.374 e. The van der Waals surface area contributed by atoms with Gasteiger partial charge in [-0.2, -0.15) is 0 Å². The van der Waals surface area contributed by atoms with Crippen molar-refractivity contribution >= 4 is 27.8 Å². The molecule has 0 radical (unpaired) electrons. The molecule has 8 heteroatoms. The summed E-state index contributed by atoms with van der Waals surface area (Å²) < 4.78 is 21.3. The Balaban J connectivity index is 1.40. The summed E-state index contributed by atoms with van der Waals surface area (Å²) in [5.41, 5.74) is 1.02. The van der Waals surface area contributed by atoms with Crippen LogP contribution in [0.25, 0.3) is 0 Å². The van der Waals surface area contributed by atoms with Gasteiger partial charge in [-0.25, -0.2) is 4.79 Å². The van der Waals surface area contributed by atoms with E-state index in [2.05, 4.69) is 21.2 Å². The van der Waals surface area contributed by atoms with Gasteiger partial charge < -0.3 is 23.9 Å². The van der Waals surface area contributed by atoms with Crippen LogP contribution in [0.1, 0.15) is 16.1 Å². The summed E-state index contributed by atoms with van der Waals surface area (Å²) in [5, 5.41) is 2.70. The molecular formula is C17H16BrNO6. The number of ether oxygens (including phenoxy) is 3. The molecule has 1 aliphatic rings. The van der Waals surface area contributed by atoms with Crippen molar-refractivity contribution in [3.05, 3.63) is 46.3 Å². The molecule has 2 aromatic rings. The fourth-order valence-electron chi connectivity index (χ4n) is 2.27. The molecule has 3 rings (SSSR count). The normalized spacial score (nSPS) is 12.5. The number of hydrogen-bond donors (Lipinski definition) is 1. The van der Waals surface area contributed by atoms with Gasteiger partial charge in [0.1, 0.15) is 13.2 Å². The van der Waals surface area contributed by atoms with Crippen molar-refractivity contribution in [1.29, 1.82) is 0 Å². The van der Waals surface area contributed by atoms with E-state index >= 15 is 0 Å². The highest BCUT2D eigenvalue weighted by molar-refractivity contribution is 9.10. The Morgan fingerprint density at radius 2 is 1.92 bits per heavy atom. The first-order chi connectivity index (χ1) is 12.1. The van der Waals surface area contributed by atoms with Crippen LogP contribution in [0.3, 0.4) is 0 Å². The molecule has 0 unspecified atom stereocenters. The number of rotatable bonds is 6. The Hall–Kier alpha value is -2.48. The minimum Gasteiger partial charge on any atom is -0.486 e. The zero-order chi connectivity index (χ0) is 17.6. The summed E-state index contributed by atoms with van der Waals surface area (Å²) in [7, 11) is 0. The lowest BCUT2D eigenvalue weighted by molar-refractivity contribution is -0.124. The van der Waals surface area contributed by atoms with E-state index in [0.29, 0.717) is 36.6 Å². The zero-order valence-corrected chi connectivity index (χ0v) is 14.8. The van der Waals surface area contributed by atoms with Gasteiger partial charge in [-0.15, -0.1) is 0 Å². The molecule has 0 fully saturated rings. The first kappa shape index (κ1) is 17.3. The number of amides is 1. The third-order valence-electron chi connectivity index (χ3n) is 3.45. The zero-order valence-electron chi connectivity index (χ0n) is 13.2. The highest BCUT2D eigenvalue weighted by Gasteiger charge is 2.14. The maximum atomic E-state index is 11.7. The van der Waals surface area contributed by atoms with Crippen LogP contribution in [-0.4, -0.2) is 38.2 Å². The highest BCUT2D eigenvalue weighted by Crippen LogP contribution is 2.30. The average molecular weight is 410 g/mol. The number of hydrogen-bond acceptors (Lipinski definition) is 6. The van der Waals surface area contributed by atoms with Crippen molar-refractivity contribution in [3.63, 3.8) is 0 Å². The van der Waals surface area contributed by atoms with Crippen molar-refractivity contribution in [2.75, 3.05) is 26.4 Å². The third kappa shape index (κ3) is 4.76. The summed E-state index contributed by atoms with van der Waals surface area (Å²) in [6.07, 6.45) is 0.626. The smallest absolute Gasteiger partial charge is 0.374 e. The van der Waals surface area contributed by atoms with Crippen LogP contribution in [-0.2, 0) is 16.0 Å². The van der Waals surface area contributed by atoms with Crippen molar-refractivity contribution in [3.8, 4) is 11.5 Å². The van der Waals surface area contributed by atoms with E-state index < -0.39 is 5.97 Å². The van der Waals surface area contributed by atoms with Gasteiger partial charge in [0.15, 0.2) is 22.8 Å². The molecule has 0 spiro atoms. The fraction of sp³-hybridized carbons (Fsp3) is 0.294. The molecule has 0 atom stereocenters. The van der Waals surface area contributed by atoms with Gasteiger partial charge in [-0.3, -0.25) is 4.79 Å². The number of furan rings is 1. The third-order valence-corrected chi connectivity index (χ3v) is 3.88. The van der Waals surface area contributed by atoms with E-state index in [1.165, 1.54) is 6.07 Å². The molecule has 0 saturated heterocycles. The standard InChI is InChI=1S/C17H16BrNO6/c18-15-4-3-13(25-15)17(21)24-10-16(20)19-6-5-11-1-2-12-14(9-11)23-8-7-22-12/h1-4,9H,5-8,10H2,(H,19,20). The van der Waals surface area contributed by atoms with Crippen molar-refractivity contribution in [2.24, 2.45) is 0 Å². The highest BCUT2D eigenvalue weighted by atomic mass is 79.9. The Kier molecular flexibility index (Phi) is 5.60. The summed E-state index contributed by atoms with van der Waals surface area (Å²) in [6.45, 7) is 1.14. The van der Waals surface area contributed by atoms with E-state index in [-0.39, 0.29) is 18.3 Å². The number of halogens is 1. The molecule has 2 heterocycles. The number of esters is 1. The Bertz CT molecular complexity index is 772. The quantitative estimate of drug-likeness (QED) is 0.736. The number of carbonyl (C=O) groups excluding carboxylic acids is 2. The average Bonchev–Trinajstić information content (AvgIpc) is 3.06. The second-order valence-corrected chi connectivity index (χ2v) is 6.04. The lowest BCUT2D eigenvalue weighted by Crippen LogP contribution is -2.30. The monoisotopic (exact) mass is 409 g/mol. The predicted octanol–water partition coefficient (Wildman–Crippen LogP) is 2.33. The van der Waals surface area contributed by atoms with Crippen LogP contribution in [0.4, 0.5) is 0 Å². The van der Waals surface area contributed by atoms with Crippen LogP contribution >= 0.6 is 15.9 Å². The molecule has 7 nitrogen and oxygen atoms in total. The number of carbonyl (C=O) groups is 2. The van der Waals surface area contributed by atoms with Crippen LogP contribution in [0.5, 0.6) is 11.5 Å². The molecule has 0 saturated carbocycles. The van der Waals surface area contributed by atoms with E-state index in [1.807, 2.05) is 18.2 Å². The number of nitrogens with one attached hydrogen (secondary N) is 1. The molecule has 1 amide bonds. The van der Waals surface area contributed by atoms with Crippen molar-refractivity contribution < 1.29 is 28.2 Å². The minimum atomic E-state index is -0.687. The minimum absolute atomic E-state index is 0.0379. The summed E-state index contributed by atoms with van der Waals surface area (Å²) in [6, 6.07) is 8.72. The van der Waals surface area contributed by atoms with Crippen molar-refractivity contribution in [2.45, 2.75) is 6.42 Å². The second kappa shape index (κ2) is 8.06. The van der Waals surface area contributed by atoms with Crippen molar-refractivity contribution in [1.82, 2.24) is 5.32 Å². The first-order valence-corrected chi connectivity index (χ1v) is 8.49. The molecule has 132 valence electrons. The van der Waals surface area contributed by atoms with Gasteiger partial charge in [0.2, 0.25) is 5.76 Å². The van der Waals surface area contributed by atoms with Gasteiger partial charge in [-0.05, 0) is 52.2 Å². The van der Waals surface area contributed by atoms with Gasteiger partial charge in [0.05, 0.1) is 0 Å².